The number of imidazole rings is 1. The summed E-state index contributed by atoms with van der Waals surface area (Å²) < 4.78 is 3.81. The molecule has 0 saturated carbocycles. The molecule has 0 fully saturated rings. The second kappa shape index (κ2) is 4.87. The van der Waals surface area contributed by atoms with Crippen molar-refractivity contribution in [3.8, 4) is 0 Å². The number of aryl methyl sites for hydroxylation is 2. The van der Waals surface area contributed by atoms with Crippen molar-refractivity contribution < 1.29 is 4.79 Å². The molecule has 1 aliphatic heterocycles. The number of nitrogens with zero attached hydrogens (tertiary/aromatic N) is 4. The molecule has 19 heavy (non-hydrogen) atoms. The normalized spacial score (nSPS) is 18.1. The minimum Gasteiger partial charge on any atom is -0.352 e. The zero-order valence-corrected chi connectivity index (χ0v) is 10.9. The predicted octanol–water partition coefficient (Wildman–Crippen LogP) is 0.609. The summed E-state index contributed by atoms with van der Waals surface area (Å²) >= 11 is 0. The molecule has 0 bridgehead atoms. The molecule has 6 heteroatoms. The van der Waals surface area contributed by atoms with Crippen LogP contribution in [0, 0.1) is 5.92 Å². The standard InChI is InChI=1S/C13H17N5O/c1-17-9-11(8-16-17)13(19)15-7-10-2-4-18-5-3-14-12(18)6-10/h3,5,8-10H,2,4,6-7H2,1H3,(H,15,19)/t10-/m1/s1. The van der Waals surface area contributed by atoms with E-state index in [1.807, 2.05) is 12.4 Å². The Morgan fingerprint density at radius 1 is 1.58 bits per heavy atom. The van der Waals surface area contributed by atoms with Gasteiger partial charge in [-0.05, 0) is 12.3 Å². The Bertz CT molecular complexity index is 585. The molecule has 0 spiro atoms. The second-order valence-electron chi connectivity index (χ2n) is 5.01. The van der Waals surface area contributed by atoms with Gasteiger partial charge in [0.15, 0.2) is 0 Å². The van der Waals surface area contributed by atoms with Crippen LogP contribution in [0.2, 0.25) is 0 Å². The highest BCUT2D eigenvalue weighted by Gasteiger charge is 2.20. The Morgan fingerprint density at radius 2 is 2.47 bits per heavy atom. The monoisotopic (exact) mass is 259 g/mol. The van der Waals surface area contributed by atoms with Crippen molar-refractivity contribution in [3.05, 3.63) is 36.2 Å². The zero-order chi connectivity index (χ0) is 13.2. The smallest absolute Gasteiger partial charge is 0.254 e. The van der Waals surface area contributed by atoms with Crippen molar-refractivity contribution in [2.45, 2.75) is 19.4 Å². The average molecular weight is 259 g/mol. The van der Waals surface area contributed by atoms with Crippen LogP contribution < -0.4 is 5.32 Å². The molecular formula is C13H17N5O. The molecule has 0 aliphatic carbocycles. The van der Waals surface area contributed by atoms with Crippen molar-refractivity contribution in [2.24, 2.45) is 13.0 Å². The maximum Gasteiger partial charge on any atom is 0.254 e. The van der Waals surface area contributed by atoms with Crippen molar-refractivity contribution >= 4 is 5.91 Å². The molecule has 0 unspecified atom stereocenters. The average Bonchev–Trinajstić information content (AvgIpc) is 3.03. The number of hydrogen-bond acceptors (Lipinski definition) is 3. The fourth-order valence-electron chi connectivity index (χ4n) is 2.47. The largest absolute Gasteiger partial charge is 0.352 e. The maximum absolute atomic E-state index is 11.9. The Labute approximate surface area is 111 Å². The van der Waals surface area contributed by atoms with Crippen LogP contribution in [0.25, 0.3) is 0 Å². The van der Waals surface area contributed by atoms with E-state index in [1.54, 1.807) is 24.1 Å². The van der Waals surface area contributed by atoms with Gasteiger partial charge in [0.05, 0.1) is 11.8 Å². The molecule has 1 N–H and O–H groups in total. The van der Waals surface area contributed by atoms with E-state index in [0.717, 1.165) is 25.2 Å². The van der Waals surface area contributed by atoms with Crippen LogP contribution in [-0.2, 0) is 20.0 Å². The first kappa shape index (κ1) is 12.0. The van der Waals surface area contributed by atoms with Crippen LogP contribution in [0.5, 0.6) is 0 Å². The van der Waals surface area contributed by atoms with Crippen molar-refractivity contribution in [3.63, 3.8) is 0 Å². The molecule has 6 nitrogen and oxygen atoms in total. The van der Waals surface area contributed by atoms with E-state index >= 15 is 0 Å². The van der Waals surface area contributed by atoms with Crippen LogP contribution in [0.4, 0.5) is 0 Å². The van der Waals surface area contributed by atoms with Gasteiger partial charge in [0.25, 0.3) is 5.91 Å². The molecule has 3 rings (SSSR count). The van der Waals surface area contributed by atoms with Gasteiger partial charge in [0.2, 0.25) is 0 Å². The summed E-state index contributed by atoms with van der Waals surface area (Å²) in [6, 6.07) is 0. The topological polar surface area (TPSA) is 64.7 Å². The van der Waals surface area contributed by atoms with Crippen molar-refractivity contribution in [1.29, 1.82) is 0 Å². The quantitative estimate of drug-likeness (QED) is 0.878. The lowest BCUT2D eigenvalue weighted by Gasteiger charge is -2.23. The molecule has 0 radical (unpaired) electrons. The summed E-state index contributed by atoms with van der Waals surface area (Å²) in [4.78, 5) is 16.2. The van der Waals surface area contributed by atoms with Crippen LogP contribution in [-0.4, -0.2) is 31.8 Å². The number of nitrogens with one attached hydrogen (secondary N) is 1. The van der Waals surface area contributed by atoms with E-state index in [4.69, 9.17) is 0 Å². The summed E-state index contributed by atoms with van der Waals surface area (Å²) in [6.45, 7) is 1.68. The van der Waals surface area contributed by atoms with Crippen LogP contribution in [0.15, 0.2) is 24.8 Å². The van der Waals surface area contributed by atoms with Crippen LogP contribution in [0.3, 0.4) is 0 Å². The summed E-state index contributed by atoms with van der Waals surface area (Å²) in [7, 11) is 1.80. The lowest BCUT2D eigenvalue weighted by molar-refractivity contribution is 0.0944. The highest BCUT2D eigenvalue weighted by Crippen LogP contribution is 2.18. The number of fused-ring (bicyclic) bond motifs is 1. The molecule has 0 saturated heterocycles. The fraction of sp³-hybridized carbons (Fsp3) is 0.462. The summed E-state index contributed by atoms with van der Waals surface area (Å²) in [5.41, 5.74) is 0.611. The fourth-order valence-corrected chi connectivity index (χ4v) is 2.47. The highest BCUT2D eigenvalue weighted by molar-refractivity contribution is 5.93. The van der Waals surface area contributed by atoms with Crippen LogP contribution >= 0.6 is 0 Å². The number of rotatable bonds is 3. The molecule has 1 aliphatic rings. The van der Waals surface area contributed by atoms with Gasteiger partial charge in [-0.1, -0.05) is 0 Å². The molecule has 3 heterocycles. The second-order valence-corrected chi connectivity index (χ2v) is 5.01. The van der Waals surface area contributed by atoms with Gasteiger partial charge in [-0.3, -0.25) is 9.48 Å². The molecule has 1 amide bonds. The Hall–Kier alpha value is -2.11. The maximum atomic E-state index is 11.9. The summed E-state index contributed by atoms with van der Waals surface area (Å²) in [6.07, 6.45) is 9.18. The lowest BCUT2D eigenvalue weighted by Crippen LogP contribution is -2.33. The van der Waals surface area contributed by atoms with E-state index in [2.05, 4.69) is 20.0 Å². The minimum atomic E-state index is -0.0537. The third-order valence-electron chi connectivity index (χ3n) is 3.57. The number of carbonyl (C=O) groups is 1. The first-order valence-corrected chi connectivity index (χ1v) is 6.49. The summed E-state index contributed by atoms with van der Waals surface area (Å²) in [5, 5.41) is 6.97. The van der Waals surface area contributed by atoms with Crippen LogP contribution in [0.1, 0.15) is 22.6 Å². The molecule has 1 atom stereocenters. The van der Waals surface area contributed by atoms with Gasteiger partial charge in [-0.25, -0.2) is 4.98 Å². The van der Waals surface area contributed by atoms with E-state index in [-0.39, 0.29) is 5.91 Å². The SMILES string of the molecule is Cn1cc(C(=O)NC[C@@H]2CCn3ccnc3C2)cn1. The van der Waals surface area contributed by atoms with E-state index in [1.165, 1.54) is 0 Å². The van der Waals surface area contributed by atoms with Gasteiger partial charge >= 0.3 is 0 Å². The first-order valence-electron chi connectivity index (χ1n) is 6.49. The van der Waals surface area contributed by atoms with E-state index < -0.39 is 0 Å². The number of hydrogen-bond donors (Lipinski definition) is 1. The van der Waals surface area contributed by atoms with E-state index in [9.17, 15) is 4.79 Å². The lowest BCUT2D eigenvalue weighted by atomic mass is 9.98. The van der Waals surface area contributed by atoms with Gasteiger partial charge in [0, 0.05) is 45.1 Å². The van der Waals surface area contributed by atoms with Crippen molar-refractivity contribution in [2.75, 3.05) is 6.54 Å². The van der Waals surface area contributed by atoms with Gasteiger partial charge < -0.3 is 9.88 Å². The molecule has 2 aromatic heterocycles. The predicted molar refractivity (Wildman–Crippen MR) is 69.6 cm³/mol. The Kier molecular flexibility index (Phi) is 3.06. The minimum absolute atomic E-state index is 0.0537. The zero-order valence-electron chi connectivity index (χ0n) is 10.9. The molecule has 2 aromatic rings. The van der Waals surface area contributed by atoms with E-state index in [0.29, 0.717) is 18.0 Å². The highest BCUT2D eigenvalue weighted by atomic mass is 16.1. The van der Waals surface area contributed by atoms with Crippen molar-refractivity contribution in [1.82, 2.24) is 24.6 Å². The molecule has 0 aromatic carbocycles. The van der Waals surface area contributed by atoms with Gasteiger partial charge in [0.1, 0.15) is 5.82 Å². The Balaban J connectivity index is 1.55. The third kappa shape index (κ3) is 2.52. The molecule has 100 valence electrons. The number of carbonyl (C=O) groups excluding carboxylic acids is 1. The Morgan fingerprint density at radius 3 is 3.26 bits per heavy atom. The van der Waals surface area contributed by atoms with Gasteiger partial charge in [-0.15, -0.1) is 0 Å². The summed E-state index contributed by atoms with van der Waals surface area (Å²) in [5.74, 6) is 1.53. The molecular weight excluding hydrogens is 242 g/mol. The number of aromatic nitrogens is 4. The third-order valence-corrected chi connectivity index (χ3v) is 3.57. The van der Waals surface area contributed by atoms with Gasteiger partial charge in [-0.2, -0.15) is 5.10 Å². The number of amides is 1. The first-order chi connectivity index (χ1) is 9.22.